The zero-order chi connectivity index (χ0) is 18.8. The lowest BCUT2D eigenvalue weighted by Gasteiger charge is -2.28. The highest BCUT2D eigenvalue weighted by atomic mass is 19.1. The fourth-order valence-electron chi connectivity index (χ4n) is 3.13. The van der Waals surface area contributed by atoms with Gasteiger partial charge in [-0.25, -0.2) is 8.78 Å². The quantitative estimate of drug-likeness (QED) is 0.900. The van der Waals surface area contributed by atoms with Crippen LogP contribution in [0.2, 0.25) is 0 Å². The van der Waals surface area contributed by atoms with Crippen LogP contribution in [0.5, 0.6) is 0 Å². The van der Waals surface area contributed by atoms with E-state index >= 15 is 0 Å². The van der Waals surface area contributed by atoms with E-state index in [1.807, 2.05) is 30.3 Å². The molecule has 1 aliphatic rings. The number of nitrogens with zero attached hydrogens (tertiary/aromatic N) is 1. The Hall–Kier alpha value is -2.53. The van der Waals surface area contributed by atoms with Crippen LogP contribution in [0, 0.1) is 17.6 Å². The molecule has 136 valence electrons. The monoisotopic (exact) mass is 357 g/mol. The number of hydrogen-bond acceptors (Lipinski definition) is 2. The molecule has 0 bridgehead atoms. The summed E-state index contributed by atoms with van der Waals surface area (Å²) in [6.07, 6.45) is 0.615. The first-order chi connectivity index (χ1) is 12.4. The largest absolute Gasteiger partial charge is 0.383 e. The van der Waals surface area contributed by atoms with Crippen molar-refractivity contribution in [3.05, 3.63) is 77.4 Å². The Labute approximate surface area is 151 Å². The van der Waals surface area contributed by atoms with Crippen LogP contribution < -0.4 is 0 Å². The third-order valence-electron chi connectivity index (χ3n) is 4.62. The fourth-order valence-corrected chi connectivity index (χ4v) is 3.13. The lowest BCUT2D eigenvalue weighted by Crippen LogP contribution is -2.41. The van der Waals surface area contributed by atoms with Crippen LogP contribution in [0.4, 0.5) is 8.78 Å². The van der Waals surface area contributed by atoms with Crippen molar-refractivity contribution in [3.63, 3.8) is 0 Å². The second-order valence-electron chi connectivity index (χ2n) is 6.83. The van der Waals surface area contributed by atoms with E-state index < -0.39 is 29.7 Å². The molecule has 26 heavy (non-hydrogen) atoms. The van der Waals surface area contributed by atoms with Crippen LogP contribution in [-0.2, 0) is 4.79 Å². The first-order valence-electron chi connectivity index (χ1n) is 8.58. The summed E-state index contributed by atoms with van der Waals surface area (Å²) in [7, 11) is 0. The standard InChI is InChI=1S/C21H21F2NO2/c1-13(2)20(25)21(26)24-12-15(17-11-16(22)8-9-18(17)23)10-19(24)14-6-4-3-5-7-14/h3-11,13,19-20,25H,12H2,1-2H3/t19-,20-/m0/s1. The van der Waals surface area contributed by atoms with E-state index in [0.29, 0.717) is 5.57 Å². The Morgan fingerprint density at radius 3 is 2.50 bits per heavy atom. The molecule has 0 spiro atoms. The van der Waals surface area contributed by atoms with Crippen molar-refractivity contribution < 1.29 is 18.7 Å². The molecule has 3 nitrogen and oxygen atoms in total. The highest BCUT2D eigenvalue weighted by Crippen LogP contribution is 2.36. The first kappa shape index (κ1) is 18.3. The van der Waals surface area contributed by atoms with Crippen LogP contribution in [0.3, 0.4) is 0 Å². The molecule has 0 aliphatic carbocycles. The molecule has 0 unspecified atom stereocenters. The maximum absolute atomic E-state index is 14.2. The molecule has 0 aromatic heterocycles. The van der Waals surface area contributed by atoms with Gasteiger partial charge in [-0.1, -0.05) is 50.3 Å². The second-order valence-corrected chi connectivity index (χ2v) is 6.83. The number of rotatable bonds is 4. The number of carbonyl (C=O) groups excluding carboxylic acids is 1. The van der Waals surface area contributed by atoms with Crippen molar-refractivity contribution in [2.45, 2.75) is 26.0 Å². The van der Waals surface area contributed by atoms with Gasteiger partial charge in [-0.15, -0.1) is 0 Å². The highest BCUT2D eigenvalue weighted by molar-refractivity contribution is 5.86. The summed E-state index contributed by atoms with van der Waals surface area (Å²) in [5.41, 5.74) is 1.52. The third-order valence-corrected chi connectivity index (χ3v) is 4.62. The Kier molecular flexibility index (Phi) is 5.18. The maximum atomic E-state index is 14.2. The Morgan fingerprint density at radius 2 is 1.85 bits per heavy atom. The number of benzene rings is 2. The van der Waals surface area contributed by atoms with Crippen molar-refractivity contribution in [1.82, 2.24) is 4.90 Å². The molecule has 0 saturated carbocycles. The fraction of sp³-hybridized carbons (Fsp3) is 0.286. The summed E-state index contributed by atoms with van der Waals surface area (Å²) in [6, 6.07) is 12.2. The van der Waals surface area contributed by atoms with Crippen LogP contribution >= 0.6 is 0 Å². The average Bonchev–Trinajstić information content (AvgIpc) is 3.08. The van der Waals surface area contributed by atoms with Gasteiger partial charge in [0.2, 0.25) is 0 Å². The van der Waals surface area contributed by atoms with Crippen molar-refractivity contribution in [2.24, 2.45) is 5.92 Å². The first-order valence-corrected chi connectivity index (χ1v) is 8.58. The van der Waals surface area contributed by atoms with E-state index in [0.717, 1.165) is 23.8 Å². The summed E-state index contributed by atoms with van der Waals surface area (Å²) in [6.45, 7) is 3.63. The molecular formula is C21H21F2NO2. The normalized spacial score (nSPS) is 18.2. The molecule has 2 atom stereocenters. The van der Waals surface area contributed by atoms with Gasteiger partial charge in [0.05, 0.1) is 6.04 Å². The van der Waals surface area contributed by atoms with Crippen molar-refractivity contribution in [2.75, 3.05) is 6.54 Å². The van der Waals surface area contributed by atoms with E-state index in [1.54, 1.807) is 19.9 Å². The molecule has 1 N–H and O–H groups in total. The Balaban J connectivity index is 2.01. The summed E-state index contributed by atoms with van der Waals surface area (Å²) in [4.78, 5) is 14.3. The van der Waals surface area contributed by atoms with Crippen LogP contribution in [0.25, 0.3) is 5.57 Å². The van der Waals surface area contributed by atoms with Gasteiger partial charge < -0.3 is 10.0 Å². The molecule has 1 aliphatic heterocycles. The molecule has 1 amide bonds. The molecule has 2 aromatic carbocycles. The van der Waals surface area contributed by atoms with Crippen molar-refractivity contribution in [1.29, 1.82) is 0 Å². The average molecular weight is 357 g/mol. The topological polar surface area (TPSA) is 40.5 Å². The van der Waals surface area contributed by atoms with Gasteiger partial charge in [-0.05, 0) is 35.3 Å². The lowest BCUT2D eigenvalue weighted by atomic mass is 10.0. The van der Waals surface area contributed by atoms with E-state index in [9.17, 15) is 18.7 Å². The van der Waals surface area contributed by atoms with Crippen LogP contribution in [0.15, 0.2) is 54.6 Å². The molecule has 0 fully saturated rings. The van der Waals surface area contributed by atoms with Crippen LogP contribution in [0.1, 0.15) is 31.0 Å². The summed E-state index contributed by atoms with van der Waals surface area (Å²) in [5.74, 6) is -1.74. The van der Waals surface area contributed by atoms with Crippen molar-refractivity contribution >= 4 is 11.5 Å². The molecule has 1 heterocycles. The van der Waals surface area contributed by atoms with Gasteiger partial charge >= 0.3 is 0 Å². The molecule has 3 rings (SSSR count). The minimum Gasteiger partial charge on any atom is -0.383 e. The van der Waals surface area contributed by atoms with E-state index in [-0.39, 0.29) is 18.0 Å². The van der Waals surface area contributed by atoms with Gasteiger partial charge in [0.1, 0.15) is 17.7 Å². The number of aliphatic hydroxyl groups is 1. The lowest BCUT2D eigenvalue weighted by molar-refractivity contribution is -0.142. The van der Waals surface area contributed by atoms with Gasteiger partial charge in [-0.3, -0.25) is 4.79 Å². The number of halogens is 2. The maximum Gasteiger partial charge on any atom is 0.252 e. The predicted octanol–water partition coefficient (Wildman–Crippen LogP) is 3.95. The molecule has 5 heteroatoms. The third kappa shape index (κ3) is 3.53. The minimum atomic E-state index is -1.15. The molecule has 0 saturated heterocycles. The number of carbonyl (C=O) groups is 1. The van der Waals surface area contributed by atoms with Crippen LogP contribution in [-0.4, -0.2) is 28.6 Å². The summed E-state index contributed by atoms with van der Waals surface area (Å²) < 4.78 is 27.8. The summed E-state index contributed by atoms with van der Waals surface area (Å²) in [5, 5.41) is 10.2. The zero-order valence-corrected chi connectivity index (χ0v) is 14.7. The highest BCUT2D eigenvalue weighted by Gasteiger charge is 2.35. The smallest absolute Gasteiger partial charge is 0.252 e. The van der Waals surface area contributed by atoms with Gasteiger partial charge in [0.25, 0.3) is 5.91 Å². The Morgan fingerprint density at radius 1 is 1.15 bits per heavy atom. The summed E-state index contributed by atoms with van der Waals surface area (Å²) >= 11 is 0. The number of amides is 1. The Bertz CT molecular complexity index is 833. The molecule has 0 radical (unpaired) electrons. The van der Waals surface area contributed by atoms with Gasteiger partial charge in [0.15, 0.2) is 0 Å². The molecule has 2 aromatic rings. The second kappa shape index (κ2) is 7.38. The minimum absolute atomic E-state index is 0.114. The SMILES string of the molecule is CC(C)[C@H](O)C(=O)N1CC(c2cc(F)ccc2F)=C[C@H]1c1ccccc1. The number of aliphatic hydroxyl groups excluding tert-OH is 1. The number of hydrogen-bond donors (Lipinski definition) is 1. The molecular weight excluding hydrogens is 336 g/mol. The van der Waals surface area contributed by atoms with Gasteiger partial charge in [0, 0.05) is 12.1 Å². The van der Waals surface area contributed by atoms with E-state index in [4.69, 9.17) is 0 Å². The van der Waals surface area contributed by atoms with Crippen molar-refractivity contribution in [3.8, 4) is 0 Å². The van der Waals surface area contributed by atoms with E-state index in [1.165, 1.54) is 4.90 Å². The predicted molar refractivity (Wildman–Crippen MR) is 96.1 cm³/mol. The van der Waals surface area contributed by atoms with E-state index in [2.05, 4.69) is 0 Å². The van der Waals surface area contributed by atoms with Gasteiger partial charge in [-0.2, -0.15) is 0 Å². The zero-order valence-electron chi connectivity index (χ0n) is 14.7.